The molecular formula is C36H43N5O7Si. The van der Waals surface area contributed by atoms with Crippen molar-refractivity contribution in [3.63, 3.8) is 0 Å². The molecule has 0 aliphatic carbocycles. The number of hydrogen-bond acceptors (Lipinski definition) is 9. The van der Waals surface area contributed by atoms with Gasteiger partial charge >= 0.3 is 0 Å². The second kappa shape index (κ2) is 12.3. The fraction of sp³-hybridized carbons (Fsp3) is 0.444. The zero-order valence-corrected chi connectivity index (χ0v) is 29.0. The van der Waals surface area contributed by atoms with Crippen LogP contribution in [0.15, 0.2) is 72.8 Å². The van der Waals surface area contributed by atoms with Gasteiger partial charge in [-0.15, -0.1) is 0 Å². The Hall–Kier alpha value is -4.14. The van der Waals surface area contributed by atoms with Crippen LogP contribution in [0.25, 0.3) is 0 Å². The lowest BCUT2D eigenvalue weighted by Gasteiger charge is -2.39. The Kier molecular flexibility index (Phi) is 8.39. The highest BCUT2D eigenvalue weighted by atomic mass is 28.4. The number of non-ortho nitro benzene ring substituents is 1. The largest absolute Gasteiger partial charge is 0.432 e. The highest BCUT2D eigenvalue weighted by Gasteiger charge is 2.66. The third kappa shape index (κ3) is 5.26. The Morgan fingerprint density at radius 2 is 1.69 bits per heavy atom. The first-order valence-electron chi connectivity index (χ1n) is 17.0. The van der Waals surface area contributed by atoms with Crippen LogP contribution in [0.5, 0.6) is 0 Å². The van der Waals surface area contributed by atoms with E-state index in [0.29, 0.717) is 30.8 Å². The average molecular weight is 686 g/mol. The van der Waals surface area contributed by atoms with Gasteiger partial charge in [-0.3, -0.25) is 24.6 Å². The fourth-order valence-corrected chi connectivity index (χ4v) is 11.5. The highest BCUT2D eigenvalue weighted by molar-refractivity contribution is 6.71. The molecule has 3 saturated heterocycles. The first kappa shape index (κ1) is 33.4. The third-order valence-electron chi connectivity index (χ3n) is 11.1. The number of carbonyl (C=O) groups excluding carboxylic acids is 2. The van der Waals surface area contributed by atoms with E-state index >= 15 is 0 Å². The summed E-state index contributed by atoms with van der Waals surface area (Å²) in [5.41, 5.74) is 0.832. The molecule has 4 atom stereocenters. The van der Waals surface area contributed by atoms with Crippen LogP contribution in [-0.2, 0) is 26.5 Å². The van der Waals surface area contributed by atoms with E-state index in [-0.39, 0.29) is 42.6 Å². The van der Waals surface area contributed by atoms with Gasteiger partial charge in [-0.25, -0.2) is 0 Å². The molecule has 0 bridgehead atoms. The molecule has 3 fully saturated rings. The number of nitro groups is 1. The number of fused-ring (bicyclic) bond motifs is 2. The van der Waals surface area contributed by atoms with Crippen LogP contribution in [0, 0.1) is 16.0 Å². The number of rotatable bonds is 8. The zero-order chi connectivity index (χ0) is 34.7. The summed E-state index contributed by atoms with van der Waals surface area (Å²) < 4.78 is 6.59. The Bertz CT molecular complexity index is 1760. The van der Waals surface area contributed by atoms with Crippen LogP contribution in [0.1, 0.15) is 37.3 Å². The maximum atomic E-state index is 14.6. The number of para-hydroxylation sites is 1. The van der Waals surface area contributed by atoms with E-state index in [0.717, 1.165) is 30.0 Å². The quantitative estimate of drug-likeness (QED) is 0.180. The average Bonchev–Trinajstić information content (AvgIpc) is 3.63. The van der Waals surface area contributed by atoms with E-state index in [9.17, 15) is 29.6 Å². The van der Waals surface area contributed by atoms with Gasteiger partial charge in [0, 0.05) is 47.1 Å². The lowest BCUT2D eigenvalue weighted by molar-refractivity contribution is -0.385. The van der Waals surface area contributed by atoms with E-state index in [2.05, 4.69) is 10.2 Å². The summed E-state index contributed by atoms with van der Waals surface area (Å²) in [7, 11) is -2.91. The number of nitro benzene ring substituents is 1. The van der Waals surface area contributed by atoms with Crippen molar-refractivity contribution in [2.75, 3.05) is 41.1 Å². The molecule has 4 aliphatic heterocycles. The summed E-state index contributed by atoms with van der Waals surface area (Å²) in [4.78, 5) is 57.1. The number of carbonyl (C=O) groups is 2. The molecule has 49 heavy (non-hydrogen) atoms. The molecule has 4 aliphatic rings. The summed E-state index contributed by atoms with van der Waals surface area (Å²) in [5.74, 6) is -0.760. The predicted octanol–water partition coefficient (Wildman–Crippen LogP) is 4.25. The molecule has 3 aromatic carbocycles. The molecule has 0 unspecified atom stereocenters. The lowest BCUT2D eigenvalue weighted by atomic mass is 9.82. The SMILES string of the molecule is C[C@H]1[C@H]([Si](C)(C)O)[C@@H](CCO)O[C@]12C(=O)N(Cc1ccc(N3CN(c4ccccc4)C4(CCNCC4)C3=O)cc1)c1ccc([N+](=O)[O-])cc12. The standard InChI is InChI=1S/C36H43N5O7Si/c1-24-32(49(2,3)47)31(15-20-42)48-36(24)29-21-28(41(45)46)13-14-30(29)38(34(36)44)22-25-9-11-26(12-10-25)39-23-40(27-7-5-4-6-8-27)35(33(39)43)16-18-37-19-17-35/h4-14,21,24,31-32,37,42,47H,15-20,22-23H2,1-3H3/t24-,31+,32-,36+/m0/s1. The van der Waals surface area contributed by atoms with E-state index in [4.69, 9.17) is 4.74 Å². The first-order valence-corrected chi connectivity index (χ1v) is 20.0. The predicted molar refractivity (Wildman–Crippen MR) is 188 cm³/mol. The molecule has 3 aromatic rings. The normalized spacial score (nSPS) is 26.3. The maximum absolute atomic E-state index is 14.6. The van der Waals surface area contributed by atoms with Gasteiger partial charge in [0.1, 0.15) is 5.54 Å². The van der Waals surface area contributed by atoms with Gasteiger partial charge in [-0.05, 0) is 81.3 Å². The molecular weight excluding hydrogens is 643 g/mol. The summed E-state index contributed by atoms with van der Waals surface area (Å²) in [5, 5.41) is 25.1. The Morgan fingerprint density at radius 1 is 1.00 bits per heavy atom. The molecule has 7 rings (SSSR count). The second-order valence-electron chi connectivity index (χ2n) is 14.3. The Balaban J connectivity index is 1.20. The molecule has 4 heterocycles. The zero-order valence-electron chi connectivity index (χ0n) is 28.0. The van der Waals surface area contributed by atoms with Gasteiger partial charge in [0.25, 0.3) is 17.5 Å². The second-order valence-corrected chi connectivity index (χ2v) is 18.3. The lowest BCUT2D eigenvalue weighted by Crippen LogP contribution is -2.55. The van der Waals surface area contributed by atoms with E-state index < -0.39 is 36.4 Å². The smallest absolute Gasteiger partial charge is 0.269 e. The van der Waals surface area contributed by atoms with Gasteiger partial charge in [0.2, 0.25) is 0 Å². The van der Waals surface area contributed by atoms with Crippen molar-refractivity contribution in [3.8, 4) is 0 Å². The highest BCUT2D eigenvalue weighted by Crippen LogP contribution is 2.60. The van der Waals surface area contributed by atoms with Gasteiger partial charge in [0.15, 0.2) is 13.9 Å². The van der Waals surface area contributed by atoms with Gasteiger partial charge in [-0.2, -0.15) is 0 Å². The monoisotopic (exact) mass is 685 g/mol. The molecule has 0 aromatic heterocycles. The van der Waals surface area contributed by atoms with Gasteiger partial charge < -0.3 is 29.8 Å². The number of nitrogens with zero attached hydrogens (tertiary/aromatic N) is 4. The van der Waals surface area contributed by atoms with Crippen LogP contribution in [0.2, 0.25) is 18.6 Å². The van der Waals surface area contributed by atoms with Crippen LogP contribution >= 0.6 is 0 Å². The summed E-state index contributed by atoms with van der Waals surface area (Å²) in [6.45, 7) is 7.41. The van der Waals surface area contributed by atoms with Crippen molar-refractivity contribution in [2.24, 2.45) is 5.92 Å². The van der Waals surface area contributed by atoms with E-state index in [1.807, 2.05) is 66.4 Å². The molecule has 0 radical (unpaired) electrons. The van der Waals surface area contributed by atoms with Crippen LogP contribution < -0.4 is 20.0 Å². The van der Waals surface area contributed by atoms with Gasteiger partial charge in [0.05, 0.1) is 29.9 Å². The molecule has 258 valence electrons. The van der Waals surface area contributed by atoms with Crippen molar-refractivity contribution in [1.29, 1.82) is 0 Å². The van der Waals surface area contributed by atoms with Crippen molar-refractivity contribution < 1.29 is 29.2 Å². The molecule has 13 heteroatoms. The number of benzene rings is 3. The van der Waals surface area contributed by atoms with E-state index in [1.54, 1.807) is 24.1 Å². The first-order chi connectivity index (χ1) is 23.4. The molecule has 0 saturated carbocycles. The molecule has 12 nitrogen and oxygen atoms in total. The number of hydrogen-bond donors (Lipinski definition) is 3. The minimum atomic E-state index is -2.91. The number of piperidine rings is 1. The van der Waals surface area contributed by atoms with Crippen molar-refractivity contribution >= 4 is 42.9 Å². The van der Waals surface area contributed by atoms with Crippen LogP contribution in [0.4, 0.5) is 22.7 Å². The number of nitrogens with one attached hydrogen (secondary N) is 1. The van der Waals surface area contributed by atoms with Gasteiger partial charge in [-0.1, -0.05) is 37.3 Å². The Labute approximate surface area is 286 Å². The third-order valence-corrected chi connectivity index (χ3v) is 13.6. The molecule has 2 amide bonds. The molecule has 3 N–H and O–H groups in total. The summed E-state index contributed by atoms with van der Waals surface area (Å²) >= 11 is 0. The minimum Gasteiger partial charge on any atom is -0.432 e. The maximum Gasteiger partial charge on any atom is 0.269 e. The van der Waals surface area contributed by atoms with E-state index in [1.165, 1.54) is 12.1 Å². The number of aliphatic hydroxyl groups is 1. The number of amides is 2. The van der Waals surface area contributed by atoms with Crippen molar-refractivity contribution in [1.82, 2.24) is 5.32 Å². The van der Waals surface area contributed by atoms with Crippen LogP contribution in [0.3, 0.4) is 0 Å². The van der Waals surface area contributed by atoms with Crippen molar-refractivity contribution in [3.05, 3.63) is 94.0 Å². The fourth-order valence-electron chi connectivity index (χ4n) is 8.86. The minimum absolute atomic E-state index is 0.0764. The number of anilines is 3. The Morgan fingerprint density at radius 3 is 2.33 bits per heavy atom. The number of ether oxygens (including phenoxy) is 1. The molecule has 2 spiro atoms. The number of aliphatic hydroxyl groups excluding tert-OH is 1. The van der Waals surface area contributed by atoms with Crippen LogP contribution in [-0.4, -0.2) is 73.0 Å². The topological polar surface area (TPSA) is 149 Å². The summed E-state index contributed by atoms with van der Waals surface area (Å²) in [6, 6.07) is 22.1. The summed E-state index contributed by atoms with van der Waals surface area (Å²) in [6.07, 6.45) is 1.07. The van der Waals surface area contributed by atoms with Crippen molar-refractivity contribution in [2.45, 2.75) is 68.6 Å².